The molecule has 0 saturated heterocycles. The van der Waals surface area contributed by atoms with Crippen molar-refractivity contribution in [1.29, 1.82) is 0 Å². The monoisotopic (exact) mass is 282 g/mol. The molecule has 3 rings (SSSR count). The van der Waals surface area contributed by atoms with Gasteiger partial charge in [-0.3, -0.25) is 0 Å². The van der Waals surface area contributed by atoms with Gasteiger partial charge in [0, 0.05) is 24.8 Å². The lowest BCUT2D eigenvalue weighted by Crippen LogP contribution is -2.18. The highest BCUT2D eigenvalue weighted by Gasteiger charge is 2.16. The number of para-hydroxylation sites is 1. The van der Waals surface area contributed by atoms with Gasteiger partial charge in [0.15, 0.2) is 0 Å². The highest BCUT2D eigenvalue weighted by Crippen LogP contribution is 2.26. The molecule has 0 amide bonds. The lowest BCUT2D eigenvalue weighted by atomic mass is 10.2. The quantitative estimate of drug-likeness (QED) is 0.923. The van der Waals surface area contributed by atoms with E-state index in [1.165, 1.54) is 25.7 Å². The minimum atomic E-state index is 0.564. The number of hydrogen-bond donors (Lipinski definition) is 1. The highest BCUT2D eigenvalue weighted by atomic mass is 15.2. The fraction of sp³-hybridized carbons (Fsp3) is 0.412. The number of benzene rings is 1. The Morgan fingerprint density at radius 3 is 2.52 bits per heavy atom. The summed E-state index contributed by atoms with van der Waals surface area (Å²) in [6, 6.07) is 12.9. The molecule has 1 N–H and O–H groups in total. The smallest absolute Gasteiger partial charge is 0.138 e. The number of aromatic nitrogens is 2. The summed E-state index contributed by atoms with van der Waals surface area (Å²) in [4.78, 5) is 11.2. The van der Waals surface area contributed by atoms with Crippen molar-refractivity contribution >= 4 is 17.3 Å². The van der Waals surface area contributed by atoms with Crippen LogP contribution in [0.5, 0.6) is 0 Å². The van der Waals surface area contributed by atoms with Crippen LogP contribution < -0.4 is 10.2 Å². The number of hydrogen-bond acceptors (Lipinski definition) is 4. The first-order valence-corrected chi connectivity index (χ1v) is 7.63. The van der Waals surface area contributed by atoms with Crippen LogP contribution in [0.25, 0.3) is 0 Å². The standard InChI is InChI=1S/C17H22N4/c1-13-18-16(20-14-8-6-7-9-14)12-17(19-13)21(2)15-10-4-3-5-11-15/h3-5,10-12,14H,6-9H2,1-2H3,(H,18,19,20). The van der Waals surface area contributed by atoms with Gasteiger partial charge in [-0.05, 0) is 31.9 Å². The van der Waals surface area contributed by atoms with Crippen molar-refractivity contribution < 1.29 is 0 Å². The molecule has 0 bridgehead atoms. The maximum atomic E-state index is 4.56. The Labute approximate surface area is 126 Å². The van der Waals surface area contributed by atoms with Gasteiger partial charge in [-0.15, -0.1) is 0 Å². The SMILES string of the molecule is Cc1nc(NC2CCCC2)cc(N(C)c2ccccc2)n1. The second kappa shape index (κ2) is 6.12. The third kappa shape index (κ3) is 3.32. The maximum absolute atomic E-state index is 4.56. The molecule has 4 heteroatoms. The van der Waals surface area contributed by atoms with Gasteiger partial charge in [0.1, 0.15) is 17.5 Å². The molecule has 0 spiro atoms. The normalized spacial score (nSPS) is 15.1. The first-order valence-electron chi connectivity index (χ1n) is 7.63. The van der Waals surface area contributed by atoms with Gasteiger partial charge in [-0.25, -0.2) is 9.97 Å². The molecule has 0 unspecified atom stereocenters. The third-order valence-corrected chi connectivity index (χ3v) is 4.02. The number of nitrogens with zero attached hydrogens (tertiary/aromatic N) is 3. The zero-order valence-corrected chi connectivity index (χ0v) is 12.7. The van der Waals surface area contributed by atoms with Crippen molar-refractivity contribution in [3.63, 3.8) is 0 Å². The van der Waals surface area contributed by atoms with Crippen LogP contribution in [0.1, 0.15) is 31.5 Å². The molecular formula is C17H22N4. The van der Waals surface area contributed by atoms with Crippen molar-refractivity contribution in [3.05, 3.63) is 42.2 Å². The molecule has 1 aromatic heterocycles. The number of anilines is 3. The van der Waals surface area contributed by atoms with Crippen molar-refractivity contribution in [2.45, 2.75) is 38.6 Å². The predicted molar refractivity (Wildman–Crippen MR) is 87.2 cm³/mol. The Morgan fingerprint density at radius 2 is 1.81 bits per heavy atom. The molecule has 2 aromatic rings. The van der Waals surface area contributed by atoms with Crippen LogP contribution in [0.4, 0.5) is 17.3 Å². The first-order chi connectivity index (χ1) is 10.2. The minimum absolute atomic E-state index is 0.564. The van der Waals surface area contributed by atoms with Gasteiger partial charge in [0.05, 0.1) is 0 Å². The second-order valence-corrected chi connectivity index (χ2v) is 5.68. The molecule has 1 aromatic carbocycles. The zero-order chi connectivity index (χ0) is 14.7. The van der Waals surface area contributed by atoms with Gasteiger partial charge in [0.2, 0.25) is 0 Å². The van der Waals surface area contributed by atoms with Crippen molar-refractivity contribution in [1.82, 2.24) is 9.97 Å². The number of nitrogens with one attached hydrogen (secondary N) is 1. The zero-order valence-electron chi connectivity index (χ0n) is 12.7. The summed E-state index contributed by atoms with van der Waals surface area (Å²) < 4.78 is 0. The van der Waals surface area contributed by atoms with Gasteiger partial charge in [-0.1, -0.05) is 31.0 Å². The second-order valence-electron chi connectivity index (χ2n) is 5.68. The van der Waals surface area contributed by atoms with Crippen LogP contribution in [-0.2, 0) is 0 Å². The van der Waals surface area contributed by atoms with Gasteiger partial charge in [0.25, 0.3) is 0 Å². The van der Waals surface area contributed by atoms with E-state index >= 15 is 0 Å². The first kappa shape index (κ1) is 13.9. The van der Waals surface area contributed by atoms with Crippen molar-refractivity contribution in [2.75, 3.05) is 17.3 Å². The number of rotatable bonds is 4. The molecule has 1 saturated carbocycles. The molecule has 4 nitrogen and oxygen atoms in total. The van der Waals surface area contributed by atoms with E-state index < -0.39 is 0 Å². The predicted octanol–water partition coefficient (Wildman–Crippen LogP) is 3.91. The van der Waals surface area contributed by atoms with Crippen LogP contribution in [0, 0.1) is 6.92 Å². The fourth-order valence-corrected chi connectivity index (χ4v) is 2.86. The molecule has 1 fully saturated rings. The summed E-state index contributed by atoms with van der Waals surface area (Å²) in [5, 5.41) is 3.55. The molecule has 1 aliphatic carbocycles. The summed E-state index contributed by atoms with van der Waals surface area (Å²) in [6.45, 7) is 1.95. The van der Waals surface area contributed by atoms with Gasteiger partial charge >= 0.3 is 0 Å². The molecule has 1 heterocycles. The summed E-state index contributed by atoms with van der Waals surface area (Å²) in [5.41, 5.74) is 1.13. The lowest BCUT2D eigenvalue weighted by Gasteiger charge is -2.20. The van der Waals surface area contributed by atoms with E-state index in [0.29, 0.717) is 6.04 Å². The Hall–Kier alpha value is -2.10. The van der Waals surface area contributed by atoms with Crippen molar-refractivity contribution in [2.24, 2.45) is 0 Å². The lowest BCUT2D eigenvalue weighted by molar-refractivity contribution is 0.748. The van der Waals surface area contributed by atoms with E-state index in [1.54, 1.807) is 0 Å². The third-order valence-electron chi connectivity index (χ3n) is 4.02. The van der Waals surface area contributed by atoms with Crippen LogP contribution in [0.3, 0.4) is 0 Å². The summed E-state index contributed by atoms with van der Waals surface area (Å²) in [6.07, 6.45) is 5.12. The van der Waals surface area contributed by atoms with E-state index in [-0.39, 0.29) is 0 Å². The molecule has 0 aliphatic heterocycles. The molecule has 0 radical (unpaired) electrons. The molecular weight excluding hydrogens is 260 g/mol. The summed E-state index contributed by atoms with van der Waals surface area (Å²) in [5.74, 6) is 2.66. The topological polar surface area (TPSA) is 41.1 Å². The Kier molecular flexibility index (Phi) is 4.04. The van der Waals surface area contributed by atoms with E-state index in [9.17, 15) is 0 Å². The minimum Gasteiger partial charge on any atom is -0.367 e. The molecule has 0 atom stereocenters. The Morgan fingerprint density at radius 1 is 1.10 bits per heavy atom. The Bertz CT molecular complexity index is 591. The fourth-order valence-electron chi connectivity index (χ4n) is 2.86. The average Bonchev–Trinajstić information content (AvgIpc) is 2.99. The van der Waals surface area contributed by atoms with E-state index in [1.807, 2.05) is 38.2 Å². The van der Waals surface area contributed by atoms with Crippen LogP contribution in [0.15, 0.2) is 36.4 Å². The highest BCUT2D eigenvalue weighted by molar-refractivity contribution is 5.61. The van der Waals surface area contributed by atoms with Gasteiger partial charge in [-0.2, -0.15) is 0 Å². The molecule has 110 valence electrons. The van der Waals surface area contributed by atoms with Crippen LogP contribution in [-0.4, -0.2) is 23.1 Å². The van der Waals surface area contributed by atoms with E-state index in [0.717, 1.165) is 23.1 Å². The average molecular weight is 282 g/mol. The number of aryl methyl sites for hydroxylation is 1. The molecule has 1 aliphatic rings. The summed E-state index contributed by atoms with van der Waals surface area (Å²) in [7, 11) is 2.04. The van der Waals surface area contributed by atoms with Crippen LogP contribution >= 0.6 is 0 Å². The van der Waals surface area contributed by atoms with E-state index in [4.69, 9.17) is 0 Å². The van der Waals surface area contributed by atoms with Crippen molar-refractivity contribution in [3.8, 4) is 0 Å². The van der Waals surface area contributed by atoms with E-state index in [2.05, 4.69) is 32.3 Å². The van der Waals surface area contributed by atoms with Gasteiger partial charge < -0.3 is 10.2 Å². The molecule has 21 heavy (non-hydrogen) atoms. The maximum Gasteiger partial charge on any atom is 0.138 e. The summed E-state index contributed by atoms with van der Waals surface area (Å²) >= 11 is 0. The Balaban J connectivity index is 1.83. The van der Waals surface area contributed by atoms with Crippen LogP contribution in [0.2, 0.25) is 0 Å². The largest absolute Gasteiger partial charge is 0.367 e.